The maximum Gasteiger partial charge on any atom is 0.167 e. The first-order valence-electron chi connectivity index (χ1n) is 9.90. The van der Waals surface area contributed by atoms with Crippen LogP contribution in [0.15, 0.2) is 11.6 Å². The Labute approximate surface area is 164 Å². The molecule has 27 heavy (non-hydrogen) atoms. The molecule has 1 N–H and O–H groups in total. The molecule has 0 radical (unpaired) electrons. The third-order valence-electron chi connectivity index (χ3n) is 5.31. The fraction of sp³-hybridized carbons (Fsp3) is 0.591. The number of fused-ring (bicyclic) bond motifs is 1. The largest absolute Gasteiger partial charge is 0.496 e. The summed E-state index contributed by atoms with van der Waals surface area (Å²) < 4.78 is 12.0. The zero-order valence-electron chi connectivity index (χ0n) is 17.7. The monoisotopic (exact) mass is 390 g/mol. The lowest BCUT2D eigenvalue weighted by atomic mass is 9.94. The van der Waals surface area contributed by atoms with Crippen LogP contribution in [0.2, 0.25) is 25.7 Å². The number of hydrogen-bond acceptors (Lipinski definition) is 4. The number of rotatable bonds is 9. The predicted molar refractivity (Wildman–Crippen MR) is 113 cm³/mol. The summed E-state index contributed by atoms with van der Waals surface area (Å²) in [6.45, 7) is 11.7. The molecule has 0 heterocycles. The van der Waals surface area contributed by atoms with E-state index in [0.717, 1.165) is 52.5 Å². The first kappa shape index (κ1) is 21.7. The van der Waals surface area contributed by atoms with Gasteiger partial charge in [0.05, 0.1) is 25.9 Å². The van der Waals surface area contributed by atoms with Crippen LogP contribution in [0.5, 0.6) is 11.5 Å². The average Bonchev–Trinajstić information content (AvgIpc) is 2.99. The quantitative estimate of drug-likeness (QED) is 0.490. The molecular formula is C22H34O4Si. The minimum Gasteiger partial charge on any atom is -0.496 e. The molecule has 0 saturated heterocycles. The molecule has 0 aromatic heterocycles. The maximum absolute atomic E-state index is 12.6. The molecule has 0 bridgehead atoms. The summed E-state index contributed by atoms with van der Waals surface area (Å²) >= 11 is 0. The van der Waals surface area contributed by atoms with E-state index in [1.54, 1.807) is 7.11 Å². The van der Waals surface area contributed by atoms with Crippen LogP contribution in [0.1, 0.15) is 46.8 Å². The van der Waals surface area contributed by atoms with E-state index in [1.165, 1.54) is 0 Å². The lowest BCUT2D eigenvalue weighted by Crippen LogP contribution is -2.23. The molecule has 150 valence electrons. The van der Waals surface area contributed by atoms with Gasteiger partial charge in [-0.2, -0.15) is 0 Å². The van der Waals surface area contributed by atoms with Crippen molar-refractivity contribution in [3.05, 3.63) is 33.9 Å². The molecule has 4 nitrogen and oxygen atoms in total. The molecule has 5 heteroatoms. The second-order valence-corrected chi connectivity index (χ2v) is 14.1. The number of hydrogen-bond donors (Lipinski definition) is 1. The molecule has 1 aromatic carbocycles. The molecule has 0 spiro atoms. The van der Waals surface area contributed by atoms with E-state index in [4.69, 9.17) is 9.47 Å². The Morgan fingerprint density at radius 3 is 2.48 bits per heavy atom. The molecule has 0 atom stereocenters. The van der Waals surface area contributed by atoms with Crippen molar-refractivity contribution < 1.29 is 19.4 Å². The number of ketones is 1. The summed E-state index contributed by atoms with van der Waals surface area (Å²) in [5.74, 6) is 1.69. The van der Waals surface area contributed by atoms with E-state index >= 15 is 0 Å². The maximum atomic E-state index is 12.6. The van der Waals surface area contributed by atoms with Crippen LogP contribution in [0.3, 0.4) is 0 Å². The van der Waals surface area contributed by atoms with Crippen molar-refractivity contribution in [1.29, 1.82) is 0 Å². The Balaban J connectivity index is 2.53. The Kier molecular flexibility index (Phi) is 7.29. The number of methoxy groups -OCH3 is 1. The van der Waals surface area contributed by atoms with Gasteiger partial charge in [-0.15, -0.1) is 0 Å². The van der Waals surface area contributed by atoms with Crippen molar-refractivity contribution in [2.45, 2.75) is 65.2 Å². The van der Waals surface area contributed by atoms with Gasteiger partial charge in [0.2, 0.25) is 0 Å². The molecule has 2 rings (SSSR count). The van der Waals surface area contributed by atoms with Gasteiger partial charge in [-0.1, -0.05) is 32.6 Å². The molecule has 0 aliphatic heterocycles. The van der Waals surface area contributed by atoms with Crippen molar-refractivity contribution in [3.63, 3.8) is 0 Å². The van der Waals surface area contributed by atoms with E-state index in [9.17, 15) is 9.90 Å². The van der Waals surface area contributed by atoms with E-state index < -0.39 is 8.07 Å². The first-order chi connectivity index (χ1) is 12.7. The zero-order chi connectivity index (χ0) is 20.2. The van der Waals surface area contributed by atoms with Crippen molar-refractivity contribution in [2.24, 2.45) is 0 Å². The van der Waals surface area contributed by atoms with E-state index in [-0.39, 0.29) is 12.4 Å². The Bertz CT molecular complexity index is 723. The molecule has 0 fully saturated rings. The van der Waals surface area contributed by atoms with E-state index in [1.807, 2.05) is 19.9 Å². The van der Waals surface area contributed by atoms with Gasteiger partial charge in [-0.3, -0.25) is 4.79 Å². The smallest absolute Gasteiger partial charge is 0.167 e. The van der Waals surface area contributed by atoms with Crippen LogP contribution in [0.4, 0.5) is 0 Å². The first-order valence-corrected chi connectivity index (χ1v) is 13.6. The van der Waals surface area contributed by atoms with Gasteiger partial charge in [-0.05, 0) is 48.9 Å². The lowest BCUT2D eigenvalue weighted by molar-refractivity contribution is 0.0991. The van der Waals surface area contributed by atoms with Crippen molar-refractivity contribution in [1.82, 2.24) is 0 Å². The highest BCUT2D eigenvalue weighted by molar-refractivity contribution is 6.76. The average molecular weight is 391 g/mol. The standard InChI is InChI=1S/C22H34O4Si/c1-7-16(14-23)8-9-18-21(25-3)15(2)17-10-11-19(24)20(17)22(18)26-12-13-27(4,5)6/h8,23H,7,9-14H2,1-6H3/b16-8+. The fourth-order valence-corrected chi connectivity index (χ4v) is 4.27. The van der Waals surface area contributed by atoms with Gasteiger partial charge < -0.3 is 14.6 Å². The summed E-state index contributed by atoms with van der Waals surface area (Å²) in [7, 11) is 0.440. The summed E-state index contributed by atoms with van der Waals surface area (Å²) in [4.78, 5) is 12.6. The molecule has 1 aliphatic carbocycles. The topological polar surface area (TPSA) is 55.8 Å². The number of allylic oxidation sites excluding steroid dienone is 1. The molecule has 0 unspecified atom stereocenters. The molecule has 0 amide bonds. The summed E-state index contributed by atoms with van der Waals surface area (Å²) in [5.41, 5.74) is 4.79. The van der Waals surface area contributed by atoms with Crippen LogP contribution in [-0.4, -0.2) is 39.3 Å². The number of carbonyl (C=O) groups is 1. The highest BCUT2D eigenvalue weighted by Crippen LogP contribution is 2.43. The number of carbonyl (C=O) groups excluding carboxylic acids is 1. The number of Topliss-reactive ketones (excluding diaryl/α,β-unsaturated/α-hetero) is 1. The summed E-state index contributed by atoms with van der Waals surface area (Å²) in [6, 6.07) is 1.04. The predicted octanol–water partition coefficient (Wildman–Crippen LogP) is 4.72. The SMILES string of the molecule is CC/C(=C\Cc1c(OC)c(C)c2c(c1OCC[Si](C)(C)C)C(=O)CC2)CO. The van der Waals surface area contributed by atoms with Crippen molar-refractivity contribution in [3.8, 4) is 11.5 Å². The van der Waals surface area contributed by atoms with Crippen molar-refractivity contribution >= 4 is 13.9 Å². The minimum atomic E-state index is -1.24. The number of benzene rings is 1. The third kappa shape index (κ3) is 5.02. The number of ether oxygens (including phenoxy) is 2. The normalized spacial score (nSPS) is 14.5. The van der Waals surface area contributed by atoms with Crippen molar-refractivity contribution in [2.75, 3.05) is 20.3 Å². The second-order valence-electron chi connectivity index (χ2n) is 8.48. The summed E-state index contributed by atoms with van der Waals surface area (Å²) in [5, 5.41) is 9.50. The Morgan fingerprint density at radius 2 is 1.93 bits per heavy atom. The van der Waals surface area contributed by atoms with Crippen LogP contribution in [0, 0.1) is 6.92 Å². The molecule has 1 aliphatic rings. The van der Waals surface area contributed by atoms with Gasteiger partial charge >= 0.3 is 0 Å². The van der Waals surface area contributed by atoms with E-state index in [0.29, 0.717) is 25.2 Å². The Morgan fingerprint density at radius 1 is 1.22 bits per heavy atom. The number of aliphatic hydroxyl groups excluding tert-OH is 1. The molecule has 1 aromatic rings. The van der Waals surface area contributed by atoms with Gasteiger partial charge in [0, 0.05) is 20.1 Å². The highest BCUT2D eigenvalue weighted by atomic mass is 28.3. The van der Waals surface area contributed by atoms with Crippen LogP contribution >= 0.6 is 0 Å². The van der Waals surface area contributed by atoms with Crippen LogP contribution in [-0.2, 0) is 12.8 Å². The minimum absolute atomic E-state index is 0.0491. The fourth-order valence-electron chi connectivity index (χ4n) is 3.56. The highest BCUT2D eigenvalue weighted by Gasteiger charge is 2.31. The zero-order valence-corrected chi connectivity index (χ0v) is 18.7. The van der Waals surface area contributed by atoms with E-state index in [2.05, 4.69) is 19.6 Å². The lowest BCUT2D eigenvalue weighted by Gasteiger charge is -2.22. The number of aliphatic hydroxyl groups is 1. The van der Waals surface area contributed by atoms with Gasteiger partial charge in [0.1, 0.15) is 11.5 Å². The van der Waals surface area contributed by atoms with Crippen LogP contribution < -0.4 is 9.47 Å². The molecular weight excluding hydrogens is 356 g/mol. The molecule has 0 saturated carbocycles. The summed E-state index contributed by atoms with van der Waals surface area (Å²) in [6.07, 6.45) is 4.73. The third-order valence-corrected chi connectivity index (χ3v) is 7.01. The Hall–Kier alpha value is -1.59. The van der Waals surface area contributed by atoms with Gasteiger partial charge in [0.15, 0.2) is 5.78 Å². The van der Waals surface area contributed by atoms with Gasteiger partial charge in [0.25, 0.3) is 0 Å². The van der Waals surface area contributed by atoms with Crippen LogP contribution in [0.25, 0.3) is 0 Å². The van der Waals surface area contributed by atoms with Gasteiger partial charge in [-0.25, -0.2) is 0 Å². The second kappa shape index (κ2) is 9.07.